The van der Waals surface area contributed by atoms with Crippen LogP contribution in [0.1, 0.15) is 29.5 Å². The normalized spacial score (nSPS) is 16.3. The zero-order valence-corrected chi connectivity index (χ0v) is 11.3. The summed E-state index contributed by atoms with van der Waals surface area (Å²) >= 11 is 1.52. The first-order valence-corrected chi connectivity index (χ1v) is 7.25. The summed E-state index contributed by atoms with van der Waals surface area (Å²) in [5, 5.41) is 1.94. The van der Waals surface area contributed by atoms with Crippen molar-refractivity contribution >= 4 is 17.2 Å². The van der Waals surface area contributed by atoms with Crippen LogP contribution in [0, 0.1) is 0 Å². The van der Waals surface area contributed by atoms with Gasteiger partial charge in [0.15, 0.2) is 0 Å². The van der Waals surface area contributed by atoms with Gasteiger partial charge in [0.2, 0.25) is 5.91 Å². The molecule has 5 heteroatoms. The van der Waals surface area contributed by atoms with Crippen molar-refractivity contribution in [1.82, 2.24) is 4.90 Å². The summed E-state index contributed by atoms with van der Waals surface area (Å²) < 4.78 is 5.33. The van der Waals surface area contributed by atoms with Crippen molar-refractivity contribution in [2.24, 2.45) is 5.73 Å². The molecule has 1 amide bonds. The summed E-state index contributed by atoms with van der Waals surface area (Å²) in [4.78, 5) is 15.3. The molecule has 1 fully saturated rings. The number of hydrogen-bond acceptors (Lipinski definition) is 4. The Kier molecular flexibility index (Phi) is 3.40. The fraction of sp³-hybridized carbons (Fsp3) is 0.357. The van der Waals surface area contributed by atoms with Crippen LogP contribution >= 0.6 is 11.3 Å². The molecule has 2 N–H and O–H groups in total. The number of carbonyl (C=O) groups excluding carboxylic acids is 1. The molecule has 0 aliphatic heterocycles. The minimum atomic E-state index is -0.560. The highest BCUT2D eigenvalue weighted by molar-refractivity contribution is 7.10. The lowest BCUT2D eigenvalue weighted by molar-refractivity contribution is -0.134. The van der Waals surface area contributed by atoms with Gasteiger partial charge in [0.05, 0.1) is 12.8 Å². The van der Waals surface area contributed by atoms with Crippen LogP contribution in [0.4, 0.5) is 0 Å². The highest BCUT2D eigenvalue weighted by Gasteiger charge is 2.35. The van der Waals surface area contributed by atoms with Crippen LogP contribution in [0.5, 0.6) is 0 Å². The van der Waals surface area contributed by atoms with Crippen molar-refractivity contribution in [3.8, 4) is 0 Å². The highest BCUT2D eigenvalue weighted by atomic mass is 32.1. The van der Waals surface area contributed by atoms with E-state index >= 15 is 0 Å². The van der Waals surface area contributed by atoms with Crippen molar-refractivity contribution < 1.29 is 9.21 Å². The van der Waals surface area contributed by atoms with Crippen molar-refractivity contribution in [2.45, 2.75) is 31.5 Å². The lowest BCUT2D eigenvalue weighted by Gasteiger charge is -2.24. The minimum absolute atomic E-state index is 0.0126. The van der Waals surface area contributed by atoms with Gasteiger partial charge in [-0.25, -0.2) is 0 Å². The molecule has 0 aromatic carbocycles. The molecule has 19 heavy (non-hydrogen) atoms. The maximum Gasteiger partial charge on any atom is 0.245 e. The Labute approximate surface area is 115 Å². The van der Waals surface area contributed by atoms with Crippen LogP contribution in [0.2, 0.25) is 0 Å². The molecule has 1 aliphatic carbocycles. The minimum Gasteiger partial charge on any atom is -0.467 e. The molecule has 0 bridgehead atoms. The fourth-order valence-electron chi connectivity index (χ4n) is 2.11. The molecular formula is C14H16N2O2S. The predicted molar refractivity (Wildman–Crippen MR) is 73.5 cm³/mol. The first kappa shape index (κ1) is 12.4. The van der Waals surface area contributed by atoms with Crippen LogP contribution in [0.3, 0.4) is 0 Å². The van der Waals surface area contributed by atoms with E-state index in [1.54, 1.807) is 6.26 Å². The van der Waals surface area contributed by atoms with Crippen LogP contribution in [-0.2, 0) is 11.3 Å². The number of nitrogens with zero attached hydrogens (tertiary/aromatic N) is 1. The van der Waals surface area contributed by atoms with Gasteiger partial charge in [0.25, 0.3) is 0 Å². The molecule has 2 heterocycles. The molecule has 1 atom stereocenters. The lowest BCUT2D eigenvalue weighted by Crippen LogP contribution is -2.39. The van der Waals surface area contributed by atoms with E-state index in [1.807, 2.05) is 34.5 Å². The molecule has 1 saturated carbocycles. The Balaban J connectivity index is 1.74. The van der Waals surface area contributed by atoms with E-state index < -0.39 is 6.04 Å². The number of nitrogens with two attached hydrogens (primary N) is 1. The van der Waals surface area contributed by atoms with Crippen LogP contribution in [0.15, 0.2) is 40.3 Å². The largest absolute Gasteiger partial charge is 0.467 e. The molecule has 1 aliphatic rings. The molecule has 0 saturated heterocycles. The van der Waals surface area contributed by atoms with E-state index in [-0.39, 0.29) is 5.91 Å². The number of rotatable bonds is 5. The van der Waals surface area contributed by atoms with Gasteiger partial charge in [-0.2, -0.15) is 0 Å². The monoisotopic (exact) mass is 276 g/mol. The van der Waals surface area contributed by atoms with Gasteiger partial charge >= 0.3 is 0 Å². The average Bonchev–Trinajstić information content (AvgIpc) is 2.94. The summed E-state index contributed by atoms with van der Waals surface area (Å²) in [7, 11) is 0. The van der Waals surface area contributed by atoms with E-state index in [9.17, 15) is 4.79 Å². The molecule has 0 spiro atoms. The second kappa shape index (κ2) is 5.19. The average molecular weight is 276 g/mol. The first-order chi connectivity index (χ1) is 9.25. The molecule has 2 aromatic heterocycles. The quantitative estimate of drug-likeness (QED) is 0.913. The summed E-state index contributed by atoms with van der Waals surface area (Å²) in [6.07, 6.45) is 3.75. The summed E-state index contributed by atoms with van der Waals surface area (Å²) in [5.74, 6) is 0.792. The maximum absolute atomic E-state index is 12.5. The van der Waals surface area contributed by atoms with E-state index in [1.165, 1.54) is 11.3 Å². The molecule has 2 aromatic rings. The van der Waals surface area contributed by atoms with Crippen LogP contribution < -0.4 is 5.73 Å². The number of thiophene rings is 1. The van der Waals surface area contributed by atoms with Crippen molar-refractivity contribution in [1.29, 1.82) is 0 Å². The van der Waals surface area contributed by atoms with Gasteiger partial charge in [0.1, 0.15) is 11.8 Å². The van der Waals surface area contributed by atoms with Gasteiger partial charge < -0.3 is 15.1 Å². The molecule has 0 radical (unpaired) electrons. The molecule has 3 rings (SSSR count). The Morgan fingerprint density at radius 1 is 1.47 bits per heavy atom. The molecule has 4 nitrogen and oxygen atoms in total. The van der Waals surface area contributed by atoms with Crippen molar-refractivity contribution in [2.75, 3.05) is 0 Å². The van der Waals surface area contributed by atoms with Crippen molar-refractivity contribution in [3.05, 3.63) is 46.5 Å². The zero-order chi connectivity index (χ0) is 13.2. The second-order valence-electron chi connectivity index (χ2n) is 4.77. The molecule has 1 unspecified atom stereocenters. The Bertz CT molecular complexity index is 532. The maximum atomic E-state index is 12.5. The Morgan fingerprint density at radius 3 is 2.89 bits per heavy atom. The summed E-state index contributed by atoms with van der Waals surface area (Å²) in [6.45, 7) is 0.509. The fourth-order valence-corrected chi connectivity index (χ4v) is 2.83. The Morgan fingerprint density at radius 2 is 2.32 bits per heavy atom. The van der Waals surface area contributed by atoms with Crippen LogP contribution in [0.25, 0.3) is 0 Å². The third kappa shape index (κ3) is 2.72. The number of amides is 1. The van der Waals surface area contributed by atoms with E-state index in [4.69, 9.17) is 10.2 Å². The van der Waals surface area contributed by atoms with E-state index in [2.05, 4.69) is 0 Å². The summed E-state index contributed by atoms with van der Waals surface area (Å²) in [5.41, 5.74) is 6.07. The SMILES string of the molecule is NC(C(=O)N(Cc1ccco1)C1CC1)c1cccs1. The standard InChI is InChI=1S/C14H16N2O2S/c15-13(12-4-2-8-19-12)14(17)16(10-5-6-10)9-11-3-1-7-18-11/h1-4,7-8,10,13H,5-6,9,15H2. The van der Waals surface area contributed by atoms with Gasteiger partial charge in [-0.3, -0.25) is 4.79 Å². The molecular weight excluding hydrogens is 260 g/mol. The van der Waals surface area contributed by atoms with E-state index in [0.29, 0.717) is 12.6 Å². The lowest BCUT2D eigenvalue weighted by atomic mass is 10.2. The van der Waals surface area contributed by atoms with Crippen molar-refractivity contribution in [3.63, 3.8) is 0 Å². The second-order valence-corrected chi connectivity index (χ2v) is 5.75. The van der Waals surface area contributed by atoms with Gasteiger partial charge in [0, 0.05) is 10.9 Å². The Hall–Kier alpha value is -1.59. The van der Waals surface area contributed by atoms with E-state index in [0.717, 1.165) is 23.5 Å². The zero-order valence-electron chi connectivity index (χ0n) is 10.5. The number of carbonyl (C=O) groups is 1. The third-order valence-corrected chi connectivity index (χ3v) is 4.25. The number of hydrogen-bond donors (Lipinski definition) is 1. The predicted octanol–water partition coefficient (Wildman–Crippen LogP) is 2.53. The van der Waals surface area contributed by atoms with Gasteiger partial charge in [-0.1, -0.05) is 6.07 Å². The number of furan rings is 1. The summed E-state index contributed by atoms with van der Waals surface area (Å²) in [6, 6.07) is 7.31. The third-order valence-electron chi connectivity index (χ3n) is 3.29. The highest BCUT2D eigenvalue weighted by Crippen LogP contribution is 2.31. The van der Waals surface area contributed by atoms with Gasteiger partial charge in [-0.05, 0) is 36.4 Å². The van der Waals surface area contributed by atoms with Crippen LogP contribution in [-0.4, -0.2) is 16.8 Å². The smallest absolute Gasteiger partial charge is 0.245 e. The first-order valence-electron chi connectivity index (χ1n) is 6.37. The van der Waals surface area contributed by atoms with Gasteiger partial charge in [-0.15, -0.1) is 11.3 Å². The molecule has 100 valence electrons. The topological polar surface area (TPSA) is 59.5 Å².